The van der Waals surface area contributed by atoms with E-state index >= 15 is 0 Å². The summed E-state index contributed by atoms with van der Waals surface area (Å²) in [6.07, 6.45) is 0.628. The van der Waals surface area contributed by atoms with Gasteiger partial charge in [0.15, 0.2) is 16.8 Å². The molecule has 3 aromatic rings. The number of ketones is 1. The number of aromatic amines is 1. The molecule has 0 bridgehead atoms. The lowest BCUT2D eigenvalue weighted by Crippen LogP contribution is -2.36. The number of hydrogen-bond acceptors (Lipinski definition) is 8. The van der Waals surface area contributed by atoms with E-state index in [0.29, 0.717) is 37.1 Å². The normalized spacial score (nSPS) is 11.1. The van der Waals surface area contributed by atoms with Crippen molar-refractivity contribution in [2.45, 2.75) is 38.5 Å². The monoisotopic (exact) mass is 458 g/mol. The maximum absolute atomic E-state index is 12.9. The number of ether oxygens (including phenoxy) is 1. The van der Waals surface area contributed by atoms with Crippen LogP contribution < -0.4 is 17.0 Å². The highest BCUT2D eigenvalue weighted by atomic mass is 32.2. The summed E-state index contributed by atoms with van der Waals surface area (Å²) in [5.41, 5.74) is 6.36. The minimum Gasteiger partial charge on any atom is -0.384 e. The van der Waals surface area contributed by atoms with Crippen LogP contribution in [0.2, 0.25) is 0 Å². The number of thioether (sulfide) groups is 1. The average molecular weight is 459 g/mol. The number of aryl methyl sites for hydroxylation is 1. The van der Waals surface area contributed by atoms with Gasteiger partial charge in [-0.3, -0.25) is 23.7 Å². The number of carbonyl (C=O) groups is 1. The standard InChI is InChI=1S/C21H26N6O4S/c1-4-8-26-17(22)16(19(29)23-20(26)30)15(28)12-32-21-25-24-18(27(21)9-10-31-3)14-7-5-6-13(2)11-14/h5-7,11H,4,8-10,12,22H2,1-3H3,(H,23,29,30). The van der Waals surface area contributed by atoms with Crippen molar-refractivity contribution >= 4 is 23.4 Å². The van der Waals surface area contributed by atoms with Crippen LogP contribution in [0.4, 0.5) is 5.82 Å². The van der Waals surface area contributed by atoms with E-state index < -0.39 is 17.0 Å². The minimum absolute atomic E-state index is 0.0868. The number of hydrogen-bond donors (Lipinski definition) is 2. The van der Waals surface area contributed by atoms with Crippen molar-refractivity contribution in [1.29, 1.82) is 0 Å². The second-order valence-corrected chi connectivity index (χ2v) is 8.15. The van der Waals surface area contributed by atoms with Gasteiger partial charge in [0.05, 0.1) is 18.9 Å². The highest BCUT2D eigenvalue weighted by Crippen LogP contribution is 2.25. The molecule has 1 aromatic carbocycles. The molecule has 32 heavy (non-hydrogen) atoms. The van der Waals surface area contributed by atoms with Gasteiger partial charge in [-0.15, -0.1) is 10.2 Å². The van der Waals surface area contributed by atoms with Crippen LogP contribution in [0.25, 0.3) is 11.4 Å². The largest absolute Gasteiger partial charge is 0.384 e. The zero-order chi connectivity index (χ0) is 23.3. The van der Waals surface area contributed by atoms with Crippen LogP contribution in [0.3, 0.4) is 0 Å². The van der Waals surface area contributed by atoms with Crippen molar-refractivity contribution in [3.8, 4) is 11.4 Å². The smallest absolute Gasteiger partial charge is 0.329 e. The van der Waals surface area contributed by atoms with E-state index in [1.165, 1.54) is 4.57 Å². The second kappa shape index (κ2) is 10.4. The van der Waals surface area contributed by atoms with Crippen LogP contribution in [0, 0.1) is 6.92 Å². The van der Waals surface area contributed by atoms with Crippen LogP contribution in [0.15, 0.2) is 39.0 Å². The Labute approximate surface area is 188 Å². The molecule has 0 saturated heterocycles. The number of rotatable bonds is 10. The molecule has 0 atom stereocenters. The number of methoxy groups -OCH3 is 1. The molecule has 10 nitrogen and oxygen atoms in total. The predicted molar refractivity (Wildman–Crippen MR) is 123 cm³/mol. The van der Waals surface area contributed by atoms with Crippen molar-refractivity contribution in [3.63, 3.8) is 0 Å². The summed E-state index contributed by atoms with van der Waals surface area (Å²) < 4.78 is 8.29. The summed E-state index contributed by atoms with van der Waals surface area (Å²) in [6.45, 7) is 5.10. The number of nitrogens with one attached hydrogen (secondary N) is 1. The van der Waals surface area contributed by atoms with Crippen molar-refractivity contribution in [1.82, 2.24) is 24.3 Å². The minimum atomic E-state index is -0.785. The molecule has 0 amide bonds. The Morgan fingerprint density at radius 2 is 2.00 bits per heavy atom. The maximum atomic E-state index is 12.9. The highest BCUT2D eigenvalue weighted by Gasteiger charge is 2.21. The Morgan fingerprint density at radius 3 is 2.69 bits per heavy atom. The predicted octanol–water partition coefficient (Wildman–Crippen LogP) is 1.72. The first-order valence-electron chi connectivity index (χ1n) is 10.1. The van der Waals surface area contributed by atoms with Gasteiger partial charge in [0.2, 0.25) is 0 Å². The van der Waals surface area contributed by atoms with E-state index in [4.69, 9.17) is 10.5 Å². The number of nitrogen functional groups attached to an aromatic ring is 1. The zero-order valence-electron chi connectivity index (χ0n) is 18.3. The molecule has 11 heteroatoms. The summed E-state index contributed by atoms with van der Waals surface area (Å²) in [7, 11) is 1.60. The molecule has 2 aromatic heterocycles. The number of nitrogens with zero attached hydrogens (tertiary/aromatic N) is 4. The van der Waals surface area contributed by atoms with E-state index in [-0.39, 0.29) is 17.1 Å². The first kappa shape index (κ1) is 23.5. The lowest BCUT2D eigenvalue weighted by atomic mass is 10.1. The number of Topliss-reactive ketones (excluding diaryl/α,β-unsaturated/α-hetero) is 1. The zero-order valence-corrected chi connectivity index (χ0v) is 19.1. The first-order valence-corrected chi connectivity index (χ1v) is 11.1. The van der Waals surface area contributed by atoms with Crippen LogP contribution in [0.1, 0.15) is 29.3 Å². The van der Waals surface area contributed by atoms with Crippen molar-refractivity contribution in [2.24, 2.45) is 0 Å². The molecular weight excluding hydrogens is 432 g/mol. The third-order valence-electron chi connectivity index (χ3n) is 4.81. The Morgan fingerprint density at radius 1 is 1.22 bits per heavy atom. The van der Waals surface area contributed by atoms with Crippen LogP contribution >= 0.6 is 11.8 Å². The molecule has 3 rings (SSSR count). The molecule has 170 valence electrons. The number of carbonyl (C=O) groups excluding carboxylic acids is 1. The Hall–Kier alpha value is -3.18. The second-order valence-electron chi connectivity index (χ2n) is 7.20. The highest BCUT2D eigenvalue weighted by molar-refractivity contribution is 7.99. The summed E-state index contributed by atoms with van der Waals surface area (Å²) in [5.74, 6) is -0.0321. The topological polar surface area (TPSA) is 138 Å². The van der Waals surface area contributed by atoms with Gasteiger partial charge in [-0.1, -0.05) is 42.4 Å². The quantitative estimate of drug-likeness (QED) is 0.346. The van der Waals surface area contributed by atoms with E-state index in [1.54, 1.807) is 7.11 Å². The number of nitrogens with two attached hydrogens (primary N) is 1. The van der Waals surface area contributed by atoms with Gasteiger partial charge >= 0.3 is 5.69 Å². The van der Waals surface area contributed by atoms with Gasteiger partial charge in [-0.2, -0.15) is 0 Å². The van der Waals surface area contributed by atoms with E-state index in [1.807, 2.05) is 42.7 Å². The van der Waals surface area contributed by atoms with Crippen molar-refractivity contribution < 1.29 is 9.53 Å². The summed E-state index contributed by atoms with van der Waals surface area (Å²) in [5, 5.41) is 9.06. The maximum Gasteiger partial charge on any atom is 0.329 e. The fraction of sp³-hybridized carbons (Fsp3) is 0.381. The molecular formula is C21H26N6O4S. The lowest BCUT2D eigenvalue weighted by Gasteiger charge is -2.12. The van der Waals surface area contributed by atoms with Gasteiger partial charge in [-0.05, 0) is 19.4 Å². The molecule has 0 saturated carbocycles. The molecule has 0 unspecified atom stereocenters. The van der Waals surface area contributed by atoms with E-state index in [2.05, 4.69) is 15.2 Å². The van der Waals surface area contributed by atoms with Crippen LogP contribution in [-0.4, -0.2) is 49.6 Å². The molecule has 0 aliphatic heterocycles. The molecule has 0 aliphatic carbocycles. The number of H-pyrrole nitrogens is 1. The van der Waals surface area contributed by atoms with Gasteiger partial charge in [0, 0.05) is 19.2 Å². The fourth-order valence-corrected chi connectivity index (χ4v) is 4.12. The lowest BCUT2D eigenvalue weighted by molar-refractivity contribution is 0.102. The Balaban J connectivity index is 1.89. The van der Waals surface area contributed by atoms with Gasteiger partial charge in [0.1, 0.15) is 11.4 Å². The number of anilines is 1. The Kier molecular flexibility index (Phi) is 7.65. The summed E-state index contributed by atoms with van der Waals surface area (Å²) in [6, 6.07) is 7.88. The van der Waals surface area contributed by atoms with Crippen LogP contribution in [-0.2, 0) is 17.8 Å². The van der Waals surface area contributed by atoms with Gasteiger partial charge in [-0.25, -0.2) is 4.79 Å². The number of aromatic nitrogens is 5. The molecule has 0 radical (unpaired) electrons. The molecule has 0 aliphatic rings. The average Bonchev–Trinajstić information content (AvgIpc) is 3.16. The Bertz CT molecular complexity index is 1230. The van der Waals surface area contributed by atoms with Gasteiger partial charge < -0.3 is 10.5 Å². The van der Waals surface area contributed by atoms with Crippen LogP contribution in [0.5, 0.6) is 0 Å². The van der Waals surface area contributed by atoms with Gasteiger partial charge in [0.25, 0.3) is 5.56 Å². The summed E-state index contributed by atoms with van der Waals surface area (Å²) >= 11 is 1.15. The number of benzene rings is 1. The molecule has 3 N–H and O–H groups in total. The molecule has 0 fully saturated rings. The van der Waals surface area contributed by atoms with E-state index in [0.717, 1.165) is 22.9 Å². The van der Waals surface area contributed by atoms with E-state index in [9.17, 15) is 14.4 Å². The third-order valence-corrected chi connectivity index (χ3v) is 5.78. The van der Waals surface area contributed by atoms with Crippen molar-refractivity contribution in [3.05, 3.63) is 56.2 Å². The SMILES string of the molecule is CCCn1c(N)c(C(=O)CSc2nnc(-c3cccc(C)c3)n2CCOC)c(=O)[nH]c1=O. The third kappa shape index (κ3) is 5.00. The fourth-order valence-electron chi connectivity index (χ4n) is 3.28. The molecule has 0 spiro atoms. The summed E-state index contributed by atoms with van der Waals surface area (Å²) in [4.78, 5) is 39.3. The first-order chi connectivity index (χ1) is 15.4. The van der Waals surface area contributed by atoms with Crippen molar-refractivity contribution in [2.75, 3.05) is 25.2 Å². The molecule has 2 heterocycles.